The molecule has 1 heteroatoms. The van der Waals surface area contributed by atoms with Crippen LogP contribution in [-0.4, -0.2) is 5.11 Å². The molecule has 1 N–H and O–H groups in total. The summed E-state index contributed by atoms with van der Waals surface area (Å²) in [5.74, 6) is 1.72. The van der Waals surface area contributed by atoms with Crippen molar-refractivity contribution >= 4 is 0 Å². The molecule has 1 nitrogen and oxygen atoms in total. The summed E-state index contributed by atoms with van der Waals surface area (Å²) in [6.07, 6.45) is 2.02. The van der Waals surface area contributed by atoms with Gasteiger partial charge in [0.25, 0.3) is 0 Å². The van der Waals surface area contributed by atoms with Gasteiger partial charge in [-0.3, -0.25) is 0 Å². The van der Waals surface area contributed by atoms with Gasteiger partial charge in [-0.05, 0) is 48.3 Å². The van der Waals surface area contributed by atoms with Crippen LogP contribution in [0.25, 0.3) is 0 Å². The van der Waals surface area contributed by atoms with Crippen LogP contribution in [0.5, 0.6) is 5.75 Å². The SMILES string of the molecule is Cc1ccc(CC(C)C)c(CC(C)C)c1O. The van der Waals surface area contributed by atoms with Crippen LogP contribution in [0, 0.1) is 18.8 Å². The van der Waals surface area contributed by atoms with Crippen LogP contribution < -0.4 is 0 Å². The van der Waals surface area contributed by atoms with E-state index in [1.807, 2.05) is 13.0 Å². The Kier molecular flexibility index (Phi) is 4.40. The number of hydrogen-bond donors (Lipinski definition) is 1. The third kappa shape index (κ3) is 3.26. The second-order valence-corrected chi connectivity index (χ2v) is 5.56. The van der Waals surface area contributed by atoms with E-state index in [0.717, 1.165) is 24.0 Å². The summed E-state index contributed by atoms with van der Waals surface area (Å²) in [4.78, 5) is 0. The van der Waals surface area contributed by atoms with E-state index in [4.69, 9.17) is 0 Å². The third-order valence-electron chi connectivity index (χ3n) is 2.82. The molecule has 1 aromatic rings. The fourth-order valence-corrected chi connectivity index (χ4v) is 2.06. The first-order chi connectivity index (χ1) is 7.41. The molecule has 0 aliphatic carbocycles. The minimum Gasteiger partial charge on any atom is -0.507 e. The van der Waals surface area contributed by atoms with Crippen molar-refractivity contribution in [1.29, 1.82) is 0 Å². The Balaban J connectivity index is 3.11. The van der Waals surface area contributed by atoms with Crippen molar-refractivity contribution in [2.45, 2.75) is 47.5 Å². The Morgan fingerprint density at radius 3 is 2.06 bits per heavy atom. The lowest BCUT2D eigenvalue weighted by Gasteiger charge is -2.16. The number of benzene rings is 1. The Bertz CT molecular complexity index is 351. The highest BCUT2D eigenvalue weighted by Crippen LogP contribution is 2.29. The molecule has 0 aliphatic rings. The van der Waals surface area contributed by atoms with Crippen molar-refractivity contribution in [3.05, 3.63) is 28.8 Å². The second kappa shape index (κ2) is 5.38. The second-order valence-electron chi connectivity index (χ2n) is 5.56. The van der Waals surface area contributed by atoms with Gasteiger partial charge in [-0.25, -0.2) is 0 Å². The van der Waals surface area contributed by atoms with Gasteiger partial charge in [-0.1, -0.05) is 39.8 Å². The smallest absolute Gasteiger partial charge is 0.121 e. The van der Waals surface area contributed by atoms with Crippen molar-refractivity contribution in [2.75, 3.05) is 0 Å². The standard InChI is InChI=1S/C15H24O/c1-10(2)8-13-7-6-12(5)15(16)14(13)9-11(3)4/h6-7,10-11,16H,8-9H2,1-5H3. The first kappa shape index (κ1) is 13.1. The highest BCUT2D eigenvalue weighted by molar-refractivity contribution is 5.45. The first-order valence-corrected chi connectivity index (χ1v) is 6.22. The van der Waals surface area contributed by atoms with Gasteiger partial charge >= 0.3 is 0 Å². The number of aryl methyl sites for hydroxylation is 1. The van der Waals surface area contributed by atoms with E-state index in [-0.39, 0.29) is 0 Å². The summed E-state index contributed by atoms with van der Waals surface area (Å²) in [6, 6.07) is 4.20. The molecule has 0 heterocycles. The van der Waals surface area contributed by atoms with E-state index in [1.165, 1.54) is 5.56 Å². The number of phenolic OH excluding ortho intramolecular Hbond substituents is 1. The molecule has 0 bridgehead atoms. The maximum Gasteiger partial charge on any atom is 0.121 e. The van der Waals surface area contributed by atoms with Crippen LogP contribution in [0.2, 0.25) is 0 Å². The molecule has 1 rings (SSSR count). The maximum atomic E-state index is 10.1. The molecule has 1 aromatic carbocycles. The Morgan fingerprint density at radius 2 is 1.56 bits per heavy atom. The predicted molar refractivity (Wildman–Crippen MR) is 69.9 cm³/mol. The summed E-state index contributed by atoms with van der Waals surface area (Å²) in [6.45, 7) is 10.8. The van der Waals surface area contributed by atoms with Crippen molar-refractivity contribution in [1.82, 2.24) is 0 Å². The molecule has 0 radical (unpaired) electrons. The molecule has 0 saturated carbocycles. The molecule has 0 atom stereocenters. The summed E-state index contributed by atoms with van der Waals surface area (Å²) < 4.78 is 0. The Morgan fingerprint density at radius 1 is 1.00 bits per heavy atom. The molecule has 0 aromatic heterocycles. The largest absolute Gasteiger partial charge is 0.507 e. The zero-order valence-corrected chi connectivity index (χ0v) is 11.2. The molecular formula is C15H24O. The minimum atomic E-state index is 0.506. The first-order valence-electron chi connectivity index (χ1n) is 6.22. The average molecular weight is 220 g/mol. The van der Waals surface area contributed by atoms with Gasteiger partial charge in [-0.2, -0.15) is 0 Å². The van der Waals surface area contributed by atoms with Crippen molar-refractivity contribution in [3.8, 4) is 5.75 Å². The van der Waals surface area contributed by atoms with Gasteiger partial charge in [0, 0.05) is 0 Å². The van der Waals surface area contributed by atoms with E-state index in [9.17, 15) is 5.11 Å². The van der Waals surface area contributed by atoms with Crippen LogP contribution in [0.15, 0.2) is 12.1 Å². The monoisotopic (exact) mass is 220 g/mol. The predicted octanol–water partition coefficient (Wildman–Crippen LogP) is 4.10. The lowest BCUT2D eigenvalue weighted by Crippen LogP contribution is -2.04. The molecule has 0 amide bonds. The number of aromatic hydroxyl groups is 1. The number of hydrogen-bond acceptors (Lipinski definition) is 1. The number of phenols is 1. The van der Waals surface area contributed by atoms with Crippen molar-refractivity contribution in [2.24, 2.45) is 11.8 Å². The molecule has 0 fully saturated rings. The highest BCUT2D eigenvalue weighted by Gasteiger charge is 2.12. The molecule has 0 aliphatic heterocycles. The van der Waals surface area contributed by atoms with Gasteiger partial charge in [0.15, 0.2) is 0 Å². The molecule has 0 unspecified atom stereocenters. The van der Waals surface area contributed by atoms with Crippen molar-refractivity contribution < 1.29 is 5.11 Å². The van der Waals surface area contributed by atoms with E-state index < -0.39 is 0 Å². The fourth-order valence-electron chi connectivity index (χ4n) is 2.06. The quantitative estimate of drug-likeness (QED) is 0.810. The third-order valence-corrected chi connectivity index (χ3v) is 2.82. The number of rotatable bonds is 4. The van der Waals surface area contributed by atoms with Crippen LogP contribution in [0.1, 0.15) is 44.4 Å². The minimum absolute atomic E-state index is 0.506. The van der Waals surface area contributed by atoms with E-state index in [2.05, 4.69) is 33.8 Å². The normalized spacial score (nSPS) is 11.4. The lowest BCUT2D eigenvalue weighted by atomic mass is 9.90. The van der Waals surface area contributed by atoms with Gasteiger partial charge in [0.2, 0.25) is 0 Å². The molecule has 90 valence electrons. The molecular weight excluding hydrogens is 196 g/mol. The van der Waals surface area contributed by atoms with Crippen LogP contribution in [0.3, 0.4) is 0 Å². The van der Waals surface area contributed by atoms with Gasteiger partial charge in [-0.15, -0.1) is 0 Å². The van der Waals surface area contributed by atoms with Crippen LogP contribution >= 0.6 is 0 Å². The Labute approximate surface area is 99.5 Å². The van der Waals surface area contributed by atoms with Crippen LogP contribution in [-0.2, 0) is 12.8 Å². The lowest BCUT2D eigenvalue weighted by molar-refractivity contribution is 0.455. The van der Waals surface area contributed by atoms with E-state index in [0.29, 0.717) is 17.6 Å². The average Bonchev–Trinajstić information content (AvgIpc) is 2.16. The zero-order chi connectivity index (χ0) is 12.3. The zero-order valence-electron chi connectivity index (χ0n) is 11.2. The summed E-state index contributed by atoms with van der Waals surface area (Å²) in [7, 11) is 0. The highest BCUT2D eigenvalue weighted by atomic mass is 16.3. The van der Waals surface area contributed by atoms with Crippen LogP contribution in [0.4, 0.5) is 0 Å². The summed E-state index contributed by atoms with van der Waals surface area (Å²) >= 11 is 0. The maximum absolute atomic E-state index is 10.1. The topological polar surface area (TPSA) is 20.2 Å². The molecule has 0 spiro atoms. The van der Waals surface area contributed by atoms with E-state index in [1.54, 1.807) is 0 Å². The summed E-state index contributed by atoms with van der Waals surface area (Å²) in [5, 5.41) is 10.1. The fraction of sp³-hybridized carbons (Fsp3) is 0.600. The van der Waals surface area contributed by atoms with E-state index >= 15 is 0 Å². The summed E-state index contributed by atoms with van der Waals surface area (Å²) in [5.41, 5.74) is 3.46. The molecule has 16 heavy (non-hydrogen) atoms. The van der Waals surface area contributed by atoms with Crippen molar-refractivity contribution in [3.63, 3.8) is 0 Å². The molecule has 0 saturated heterocycles. The van der Waals surface area contributed by atoms with Gasteiger partial charge in [0.1, 0.15) is 5.75 Å². The van der Waals surface area contributed by atoms with Gasteiger partial charge < -0.3 is 5.11 Å². The Hall–Kier alpha value is -0.980. The van der Waals surface area contributed by atoms with Gasteiger partial charge in [0.05, 0.1) is 0 Å².